The Balaban J connectivity index is 1.77. The fourth-order valence-corrected chi connectivity index (χ4v) is 3.88. The number of rotatable bonds is 7. The van der Waals surface area contributed by atoms with E-state index >= 15 is 0 Å². The molecule has 0 fully saturated rings. The maximum Gasteiger partial charge on any atom is 0.195 e. The molecule has 1 heterocycles. The average molecular weight is 373 g/mol. The van der Waals surface area contributed by atoms with E-state index in [4.69, 9.17) is 0 Å². The van der Waals surface area contributed by atoms with Crippen molar-refractivity contribution >= 4 is 27.5 Å². The van der Waals surface area contributed by atoms with Gasteiger partial charge in [-0.1, -0.05) is 80.4 Å². The molecule has 28 heavy (non-hydrogen) atoms. The van der Waals surface area contributed by atoms with Crippen LogP contribution in [0.4, 0.5) is 4.39 Å². The number of hydrogen-bond acceptors (Lipinski definition) is 1. The van der Waals surface area contributed by atoms with Crippen LogP contribution in [-0.2, 0) is 6.54 Å². The molecule has 0 saturated heterocycles. The van der Waals surface area contributed by atoms with Gasteiger partial charge < -0.3 is 4.57 Å². The fourth-order valence-electron chi connectivity index (χ4n) is 3.88. The Kier molecular flexibility index (Phi) is 5.25. The van der Waals surface area contributed by atoms with Crippen LogP contribution in [0.25, 0.3) is 21.7 Å². The summed E-state index contributed by atoms with van der Waals surface area (Å²) in [5.74, 6) is -0.0179. The smallest absolute Gasteiger partial charge is 0.195 e. The molecule has 4 aromatic rings. The molecule has 0 radical (unpaired) electrons. The standard InChI is InChI=1S/C25H24FNO/c1-2-3-11-19(26)16-27-17-23(21-13-6-7-15-24(21)27)25(28)22-14-8-10-18-9-4-5-12-20(18)22/h4-10,12-15,17,19H,2-3,11,16H2,1H3. The number of carbonyl (C=O) groups is 1. The van der Waals surface area contributed by atoms with Crippen molar-refractivity contribution in [2.24, 2.45) is 0 Å². The zero-order valence-corrected chi connectivity index (χ0v) is 16.1. The van der Waals surface area contributed by atoms with Crippen molar-refractivity contribution in [2.75, 3.05) is 0 Å². The van der Waals surface area contributed by atoms with E-state index in [1.165, 1.54) is 0 Å². The number of aromatic nitrogens is 1. The molecule has 1 atom stereocenters. The summed E-state index contributed by atoms with van der Waals surface area (Å²) in [4.78, 5) is 13.4. The number of carbonyl (C=O) groups excluding carboxylic acids is 1. The summed E-state index contributed by atoms with van der Waals surface area (Å²) in [5, 5.41) is 2.86. The predicted octanol–water partition coefficient (Wildman–Crippen LogP) is 6.55. The number of fused-ring (bicyclic) bond motifs is 2. The van der Waals surface area contributed by atoms with E-state index < -0.39 is 6.17 Å². The Bertz CT molecular complexity index is 1120. The highest BCUT2D eigenvalue weighted by Gasteiger charge is 2.19. The molecule has 2 nitrogen and oxygen atoms in total. The Labute approximate surface area is 164 Å². The molecule has 1 unspecified atom stereocenters. The van der Waals surface area contributed by atoms with E-state index in [0.717, 1.165) is 34.5 Å². The number of alkyl halides is 1. The summed E-state index contributed by atoms with van der Waals surface area (Å²) < 4.78 is 16.3. The van der Waals surface area contributed by atoms with Crippen LogP contribution in [0.5, 0.6) is 0 Å². The van der Waals surface area contributed by atoms with Crippen molar-refractivity contribution in [1.82, 2.24) is 4.57 Å². The number of para-hydroxylation sites is 1. The number of benzene rings is 3. The molecule has 3 heteroatoms. The summed E-state index contributed by atoms with van der Waals surface area (Å²) in [5.41, 5.74) is 2.23. The molecule has 0 aliphatic carbocycles. The summed E-state index contributed by atoms with van der Waals surface area (Å²) >= 11 is 0. The van der Waals surface area contributed by atoms with Gasteiger partial charge in [0.1, 0.15) is 6.17 Å². The van der Waals surface area contributed by atoms with Crippen molar-refractivity contribution in [2.45, 2.75) is 38.9 Å². The molecule has 142 valence electrons. The molecule has 0 aliphatic rings. The second-order valence-electron chi connectivity index (χ2n) is 7.31. The topological polar surface area (TPSA) is 22.0 Å². The summed E-state index contributed by atoms with van der Waals surface area (Å²) in [6, 6.07) is 21.5. The highest BCUT2D eigenvalue weighted by Crippen LogP contribution is 2.28. The predicted molar refractivity (Wildman–Crippen MR) is 114 cm³/mol. The maximum absolute atomic E-state index is 14.4. The third-order valence-electron chi connectivity index (χ3n) is 5.33. The van der Waals surface area contributed by atoms with Crippen LogP contribution in [0.2, 0.25) is 0 Å². The Hall–Kier alpha value is -2.94. The monoisotopic (exact) mass is 373 g/mol. The highest BCUT2D eigenvalue weighted by molar-refractivity contribution is 6.21. The minimum absolute atomic E-state index is 0.0179. The summed E-state index contributed by atoms with van der Waals surface area (Å²) in [6.07, 6.45) is 3.33. The van der Waals surface area contributed by atoms with Gasteiger partial charge in [0, 0.05) is 28.2 Å². The molecule has 4 rings (SSSR count). The number of nitrogens with zero attached hydrogens (tertiary/aromatic N) is 1. The molecule has 0 spiro atoms. The molecule has 0 amide bonds. The van der Waals surface area contributed by atoms with E-state index in [9.17, 15) is 9.18 Å². The number of hydrogen-bond donors (Lipinski definition) is 0. The van der Waals surface area contributed by atoms with Crippen molar-refractivity contribution in [3.63, 3.8) is 0 Å². The van der Waals surface area contributed by atoms with E-state index in [2.05, 4.69) is 6.92 Å². The highest BCUT2D eigenvalue weighted by atomic mass is 19.1. The SMILES string of the molecule is CCCCC(F)Cn1cc(C(=O)c2cccc3ccccc23)c2ccccc21. The van der Waals surface area contributed by atoms with Crippen LogP contribution in [0.1, 0.15) is 42.1 Å². The third-order valence-corrected chi connectivity index (χ3v) is 5.33. The largest absolute Gasteiger partial charge is 0.344 e. The first kappa shape index (κ1) is 18.4. The van der Waals surface area contributed by atoms with Gasteiger partial charge in [0.2, 0.25) is 0 Å². The molecule has 0 aliphatic heterocycles. The van der Waals surface area contributed by atoms with Crippen LogP contribution < -0.4 is 0 Å². The van der Waals surface area contributed by atoms with Gasteiger partial charge in [-0.2, -0.15) is 0 Å². The van der Waals surface area contributed by atoms with Gasteiger partial charge >= 0.3 is 0 Å². The van der Waals surface area contributed by atoms with Crippen LogP contribution in [0, 0.1) is 0 Å². The van der Waals surface area contributed by atoms with Crippen LogP contribution in [-0.4, -0.2) is 16.5 Å². The average Bonchev–Trinajstić information content (AvgIpc) is 3.10. The molecule has 3 aromatic carbocycles. The molecule has 0 bridgehead atoms. The van der Waals surface area contributed by atoms with Crippen molar-refractivity contribution < 1.29 is 9.18 Å². The Morgan fingerprint density at radius 1 is 0.929 bits per heavy atom. The van der Waals surface area contributed by atoms with Gasteiger partial charge in [-0.15, -0.1) is 0 Å². The van der Waals surface area contributed by atoms with Crippen molar-refractivity contribution in [3.05, 3.63) is 84.1 Å². The Morgan fingerprint density at radius 2 is 1.64 bits per heavy atom. The summed E-state index contributed by atoms with van der Waals surface area (Å²) in [7, 11) is 0. The fraction of sp³-hybridized carbons (Fsp3) is 0.240. The number of unbranched alkanes of at least 4 members (excludes halogenated alkanes) is 1. The van der Waals surface area contributed by atoms with E-state index in [1.54, 1.807) is 0 Å². The van der Waals surface area contributed by atoms with Gasteiger partial charge in [0.25, 0.3) is 0 Å². The first-order valence-corrected chi connectivity index (χ1v) is 9.93. The van der Waals surface area contributed by atoms with Gasteiger partial charge in [-0.3, -0.25) is 4.79 Å². The minimum Gasteiger partial charge on any atom is -0.344 e. The van der Waals surface area contributed by atoms with Crippen LogP contribution >= 0.6 is 0 Å². The first-order valence-electron chi connectivity index (χ1n) is 9.93. The zero-order chi connectivity index (χ0) is 19.5. The van der Waals surface area contributed by atoms with E-state index in [-0.39, 0.29) is 12.3 Å². The van der Waals surface area contributed by atoms with Crippen LogP contribution in [0.15, 0.2) is 72.9 Å². The van der Waals surface area contributed by atoms with Crippen molar-refractivity contribution in [3.8, 4) is 0 Å². The first-order chi connectivity index (χ1) is 13.7. The lowest BCUT2D eigenvalue weighted by atomic mass is 9.97. The van der Waals surface area contributed by atoms with Crippen LogP contribution in [0.3, 0.4) is 0 Å². The third kappa shape index (κ3) is 3.45. The second-order valence-corrected chi connectivity index (χ2v) is 7.31. The van der Waals surface area contributed by atoms with Gasteiger partial charge in [0.15, 0.2) is 5.78 Å². The Morgan fingerprint density at radius 3 is 2.46 bits per heavy atom. The van der Waals surface area contributed by atoms with Crippen molar-refractivity contribution in [1.29, 1.82) is 0 Å². The quantitative estimate of drug-likeness (QED) is 0.337. The van der Waals surface area contributed by atoms with E-state index in [1.807, 2.05) is 77.5 Å². The molecular weight excluding hydrogens is 349 g/mol. The second kappa shape index (κ2) is 7.97. The van der Waals surface area contributed by atoms with Gasteiger partial charge in [0.05, 0.1) is 6.54 Å². The minimum atomic E-state index is -0.906. The van der Waals surface area contributed by atoms with Gasteiger partial charge in [-0.05, 0) is 23.3 Å². The summed E-state index contributed by atoms with van der Waals surface area (Å²) in [6.45, 7) is 2.35. The zero-order valence-electron chi connectivity index (χ0n) is 16.1. The molecular formula is C25H24FNO. The number of ketones is 1. The lowest BCUT2D eigenvalue weighted by Gasteiger charge is -2.10. The molecule has 0 N–H and O–H groups in total. The normalized spacial score (nSPS) is 12.5. The lowest BCUT2D eigenvalue weighted by Crippen LogP contribution is -2.10. The van der Waals surface area contributed by atoms with E-state index in [0.29, 0.717) is 17.5 Å². The lowest BCUT2D eigenvalue weighted by molar-refractivity contribution is 0.104. The van der Waals surface area contributed by atoms with Gasteiger partial charge in [-0.25, -0.2) is 4.39 Å². The molecule has 1 aromatic heterocycles. The maximum atomic E-state index is 14.4. The molecule has 0 saturated carbocycles. The number of halogens is 1.